The van der Waals surface area contributed by atoms with Gasteiger partial charge in [-0.2, -0.15) is 0 Å². The minimum atomic E-state index is -1.48. The molecule has 0 aliphatic heterocycles. The fraction of sp³-hybridized carbons (Fsp3) is 0.125. The van der Waals surface area contributed by atoms with E-state index in [1.165, 1.54) is 12.1 Å². The second kappa shape index (κ2) is 6.60. The van der Waals surface area contributed by atoms with Crippen LogP contribution in [0.2, 0.25) is 0 Å². The maximum absolute atomic E-state index is 13.5. The quantitative estimate of drug-likeness (QED) is 0.727. The highest BCUT2D eigenvalue weighted by molar-refractivity contribution is 6.33. The van der Waals surface area contributed by atoms with Gasteiger partial charge in [0.2, 0.25) is 0 Å². The molecule has 1 N–H and O–H groups in total. The Kier molecular flexibility index (Phi) is 4.25. The van der Waals surface area contributed by atoms with Gasteiger partial charge in [0.05, 0.1) is 5.92 Å². The molecule has 3 aromatic carbocycles. The maximum atomic E-state index is 13.5. The fourth-order valence-corrected chi connectivity index (χ4v) is 3.90. The molecule has 1 aliphatic carbocycles. The van der Waals surface area contributed by atoms with Crippen LogP contribution in [0.15, 0.2) is 84.9 Å². The predicted molar refractivity (Wildman–Crippen MR) is 104 cm³/mol. The van der Waals surface area contributed by atoms with E-state index in [1.54, 1.807) is 19.1 Å². The summed E-state index contributed by atoms with van der Waals surface area (Å²) in [6.07, 6.45) is 0. The van der Waals surface area contributed by atoms with E-state index in [0.29, 0.717) is 22.3 Å². The Morgan fingerprint density at radius 1 is 0.815 bits per heavy atom. The largest absolute Gasteiger partial charge is 0.380 e. The lowest BCUT2D eigenvalue weighted by Crippen LogP contribution is -2.33. The van der Waals surface area contributed by atoms with Gasteiger partial charge in [-0.05, 0) is 28.8 Å². The van der Waals surface area contributed by atoms with E-state index in [2.05, 4.69) is 0 Å². The predicted octanol–water partition coefficient (Wildman–Crippen LogP) is 4.84. The van der Waals surface area contributed by atoms with Crippen LogP contribution in [0.5, 0.6) is 0 Å². The lowest BCUT2D eigenvalue weighted by molar-refractivity contribution is -0.121. The summed E-state index contributed by atoms with van der Waals surface area (Å²) in [5.41, 5.74) is 1.57. The van der Waals surface area contributed by atoms with Gasteiger partial charge in [0.1, 0.15) is 11.4 Å². The average molecular weight is 358 g/mol. The number of aliphatic hydroxyl groups is 1. The van der Waals surface area contributed by atoms with E-state index < -0.39 is 11.5 Å². The lowest BCUT2D eigenvalue weighted by Gasteiger charge is -2.31. The zero-order valence-electron chi connectivity index (χ0n) is 14.9. The molecule has 0 amide bonds. The van der Waals surface area contributed by atoms with Crippen LogP contribution in [0.4, 0.5) is 4.39 Å². The molecule has 2 nitrogen and oxygen atoms in total. The maximum Gasteiger partial charge on any atom is 0.170 e. The van der Waals surface area contributed by atoms with Crippen molar-refractivity contribution < 1.29 is 14.3 Å². The number of carbonyl (C=O) groups is 1. The standard InChI is InChI=1S/C24H19FO2/c1-16-23(26)21(17-8-4-2-5-9-17)22(18-12-14-20(25)15-13-18)24(16,27)19-10-6-3-7-11-19/h2-16,27H,1H3. The summed E-state index contributed by atoms with van der Waals surface area (Å²) in [4.78, 5) is 13.3. The van der Waals surface area contributed by atoms with E-state index in [1.807, 2.05) is 60.7 Å². The molecule has 3 aromatic rings. The number of ketones is 1. The van der Waals surface area contributed by atoms with Crippen molar-refractivity contribution in [3.05, 3.63) is 107 Å². The molecule has 1 aliphatic rings. The summed E-state index contributed by atoms with van der Waals surface area (Å²) < 4.78 is 13.5. The molecular weight excluding hydrogens is 339 g/mol. The highest BCUT2D eigenvalue weighted by atomic mass is 19.1. The molecule has 2 unspecified atom stereocenters. The molecule has 4 rings (SSSR count). The van der Waals surface area contributed by atoms with Crippen molar-refractivity contribution in [3.63, 3.8) is 0 Å². The summed E-state index contributed by atoms with van der Waals surface area (Å²) in [7, 11) is 0. The molecule has 27 heavy (non-hydrogen) atoms. The molecule has 0 bridgehead atoms. The monoisotopic (exact) mass is 358 g/mol. The van der Waals surface area contributed by atoms with Gasteiger partial charge in [-0.3, -0.25) is 4.79 Å². The van der Waals surface area contributed by atoms with Gasteiger partial charge in [-0.1, -0.05) is 79.7 Å². The van der Waals surface area contributed by atoms with Crippen LogP contribution in [0.3, 0.4) is 0 Å². The van der Waals surface area contributed by atoms with Gasteiger partial charge in [0, 0.05) is 11.1 Å². The van der Waals surface area contributed by atoms with Crippen molar-refractivity contribution in [2.75, 3.05) is 0 Å². The molecule has 0 aromatic heterocycles. The lowest BCUT2D eigenvalue weighted by atomic mass is 9.78. The molecule has 0 spiro atoms. The molecule has 0 saturated heterocycles. The van der Waals surface area contributed by atoms with Gasteiger partial charge < -0.3 is 5.11 Å². The Labute approximate surface area is 157 Å². The fourth-order valence-electron chi connectivity index (χ4n) is 3.90. The van der Waals surface area contributed by atoms with Crippen molar-refractivity contribution >= 4 is 16.9 Å². The van der Waals surface area contributed by atoms with Crippen molar-refractivity contribution in [1.82, 2.24) is 0 Å². The van der Waals surface area contributed by atoms with Crippen molar-refractivity contribution in [3.8, 4) is 0 Å². The molecule has 3 heteroatoms. The Hall–Kier alpha value is -3.04. The number of allylic oxidation sites excluding steroid dienone is 1. The molecule has 0 saturated carbocycles. The van der Waals surface area contributed by atoms with Crippen LogP contribution in [-0.4, -0.2) is 10.9 Å². The normalized spacial score (nSPS) is 22.3. The number of hydrogen-bond donors (Lipinski definition) is 1. The van der Waals surface area contributed by atoms with E-state index >= 15 is 0 Å². The number of halogens is 1. The minimum absolute atomic E-state index is 0.119. The Morgan fingerprint density at radius 3 is 1.96 bits per heavy atom. The Bertz CT molecular complexity index is 1010. The molecule has 0 heterocycles. The second-order valence-corrected chi connectivity index (χ2v) is 6.84. The summed E-state index contributed by atoms with van der Waals surface area (Å²) in [5, 5.41) is 11.8. The van der Waals surface area contributed by atoms with Gasteiger partial charge in [0.15, 0.2) is 5.78 Å². The number of carbonyl (C=O) groups excluding carboxylic acids is 1. The van der Waals surface area contributed by atoms with Crippen molar-refractivity contribution in [2.45, 2.75) is 12.5 Å². The zero-order chi connectivity index (χ0) is 19.0. The highest BCUT2D eigenvalue weighted by Gasteiger charge is 2.52. The Morgan fingerprint density at radius 2 is 1.37 bits per heavy atom. The third-order valence-corrected chi connectivity index (χ3v) is 5.31. The SMILES string of the molecule is CC1C(=O)C(c2ccccc2)=C(c2ccc(F)cc2)C1(O)c1ccccc1. The van der Waals surface area contributed by atoms with Crippen LogP contribution in [0.1, 0.15) is 23.6 Å². The average Bonchev–Trinajstić information content (AvgIpc) is 2.92. The smallest absolute Gasteiger partial charge is 0.170 e. The van der Waals surface area contributed by atoms with E-state index in [-0.39, 0.29) is 11.6 Å². The number of Topliss-reactive ketones (excluding diaryl/α,β-unsaturated/α-hetero) is 1. The second-order valence-electron chi connectivity index (χ2n) is 6.84. The topological polar surface area (TPSA) is 37.3 Å². The highest BCUT2D eigenvalue weighted by Crippen LogP contribution is 2.52. The first-order chi connectivity index (χ1) is 13.0. The van der Waals surface area contributed by atoms with Crippen molar-refractivity contribution in [1.29, 1.82) is 0 Å². The van der Waals surface area contributed by atoms with E-state index in [0.717, 1.165) is 5.56 Å². The van der Waals surface area contributed by atoms with Crippen LogP contribution < -0.4 is 0 Å². The Balaban J connectivity index is 2.05. The third kappa shape index (κ3) is 2.71. The van der Waals surface area contributed by atoms with Crippen LogP contribution in [0.25, 0.3) is 11.1 Å². The first-order valence-electron chi connectivity index (χ1n) is 8.91. The minimum Gasteiger partial charge on any atom is -0.380 e. The number of rotatable bonds is 3. The van der Waals surface area contributed by atoms with Crippen LogP contribution >= 0.6 is 0 Å². The summed E-state index contributed by atoms with van der Waals surface area (Å²) in [5.74, 6) is -1.14. The molecule has 0 radical (unpaired) electrons. The summed E-state index contributed by atoms with van der Waals surface area (Å²) in [6.45, 7) is 1.74. The zero-order valence-corrected chi connectivity index (χ0v) is 14.9. The van der Waals surface area contributed by atoms with E-state index in [9.17, 15) is 14.3 Å². The molecule has 2 atom stereocenters. The van der Waals surface area contributed by atoms with Crippen LogP contribution in [-0.2, 0) is 10.4 Å². The van der Waals surface area contributed by atoms with Gasteiger partial charge in [0.25, 0.3) is 0 Å². The van der Waals surface area contributed by atoms with Gasteiger partial charge in [-0.15, -0.1) is 0 Å². The van der Waals surface area contributed by atoms with E-state index in [4.69, 9.17) is 0 Å². The first kappa shape index (κ1) is 17.4. The number of hydrogen-bond acceptors (Lipinski definition) is 2. The van der Waals surface area contributed by atoms with Gasteiger partial charge >= 0.3 is 0 Å². The number of benzene rings is 3. The van der Waals surface area contributed by atoms with Crippen LogP contribution in [0, 0.1) is 11.7 Å². The van der Waals surface area contributed by atoms with Gasteiger partial charge in [-0.25, -0.2) is 4.39 Å². The summed E-state index contributed by atoms with van der Waals surface area (Å²) in [6, 6.07) is 24.5. The molecule has 134 valence electrons. The molecule has 0 fully saturated rings. The first-order valence-corrected chi connectivity index (χ1v) is 8.91. The third-order valence-electron chi connectivity index (χ3n) is 5.31. The molecular formula is C24H19FO2. The summed E-state index contributed by atoms with van der Waals surface area (Å²) >= 11 is 0. The van der Waals surface area contributed by atoms with Crippen molar-refractivity contribution in [2.24, 2.45) is 5.92 Å².